The van der Waals surface area contributed by atoms with Gasteiger partial charge in [0.25, 0.3) is 5.56 Å². The second-order valence-corrected chi connectivity index (χ2v) is 5.21. The van der Waals surface area contributed by atoms with Crippen molar-refractivity contribution in [3.8, 4) is 12.3 Å². The third-order valence-corrected chi connectivity index (χ3v) is 3.41. The van der Waals surface area contributed by atoms with Gasteiger partial charge in [-0.15, -0.1) is 6.42 Å². The number of hydrogen-bond acceptors (Lipinski definition) is 4. The topological polar surface area (TPSA) is 46.9 Å². The molecule has 0 saturated heterocycles. The first kappa shape index (κ1) is 15.9. The van der Waals surface area contributed by atoms with Crippen LogP contribution in [0.1, 0.15) is 0 Å². The predicted molar refractivity (Wildman–Crippen MR) is 72.0 cm³/mol. The third kappa shape index (κ3) is 5.16. The van der Waals surface area contributed by atoms with E-state index in [-0.39, 0.29) is 35.1 Å². The van der Waals surface area contributed by atoms with Crippen molar-refractivity contribution in [3.05, 3.63) is 21.0 Å². The SMILES string of the molecule is C#CCn1ncc(NCCSC(F)(F)F)c(Br)c1=O. The number of thioether (sulfide) groups is 1. The molecule has 0 unspecified atom stereocenters. The molecule has 1 aromatic rings. The van der Waals surface area contributed by atoms with Crippen LogP contribution in [0.2, 0.25) is 0 Å². The number of hydrogen-bond donors (Lipinski definition) is 1. The van der Waals surface area contributed by atoms with Gasteiger partial charge in [-0.2, -0.15) is 18.3 Å². The molecule has 4 nitrogen and oxygen atoms in total. The molecule has 104 valence electrons. The summed E-state index contributed by atoms with van der Waals surface area (Å²) in [7, 11) is 0. The summed E-state index contributed by atoms with van der Waals surface area (Å²) in [5, 5.41) is 6.50. The molecule has 1 N–H and O–H groups in total. The van der Waals surface area contributed by atoms with Crippen molar-refractivity contribution in [2.45, 2.75) is 12.1 Å². The zero-order chi connectivity index (χ0) is 14.5. The number of aromatic nitrogens is 2. The molecule has 0 atom stereocenters. The molecule has 0 bridgehead atoms. The van der Waals surface area contributed by atoms with Gasteiger partial charge >= 0.3 is 5.51 Å². The van der Waals surface area contributed by atoms with Crippen molar-refractivity contribution in [1.29, 1.82) is 0 Å². The van der Waals surface area contributed by atoms with Gasteiger partial charge in [0.05, 0.1) is 11.9 Å². The summed E-state index contributed by atoms with van der Waals surface area (Å²) < 4.78 is 37.0. The first-order valence-electron chi connectivity index (χ1n) is 4.99. The Balaban J connectivity index is 2.64. The van der Waals surface area contributed by atoms with E-state index in [0.717, 1.165) is 4.68 Å². The molecular formula is C10H9BrF3N3OS. The van der Waals surface area contributed by atoms with Gasteiger partial charge in [-0.3, -0.25) is 4.79 Å². The van der Waals surface area contributed by atoms with E-state index < -0.39 is 11.1 Å². The Kier molecular flexibility index (Phi) is 5.75. The van der Waals surface area contributed by atoms with Crippen LogP contribution in [0.3, 0.4) is 0 Å². The van der Waals surface area contributed by atoms with Gasteiger partial charge in [-0.25, -0.2) is 4.68 Å². The van der Waals surface area contributed by atoms with Crippen LogP contribution in [-0.4, -0.2) is 27.6 Å². The number of alkyl halides is 3. The average molecular weight is 356 g/mol. The molecule has 0 aliphatic rings. The molecular weight excluding hydrogens is 347 g/mol. The standard InChI is InChI=1S/C10H9BrF3N3OS/c1-2-4-17-9(18)8(11)7(6-16-17)15-3-5-19-10(12,13)14/h1,6,15H,3-5H2. The molecule has 0 aliphatic heterocycles. The second kappa shape index (κ2) is 6.86. The first-order chi connectivity index (χ1) is 8.85. The van der Waals surface area contributed by atoms with E-state index in [9.17, 15) is 18.0 Å². The van der Waals surface area contributed by atoms with Crippen LogP contribution in [0.5, 0.6) is 0 Å². The number of nitrogens with one attached hydrogen (secondary N) is 1. The Morgan fingerprint density at radius 1 is 1.58 bits per heavy atom. The number of anilines is 1. The molecule has 0 aromatic carbocycles. The lowest BCUT2D eigenvalue weighted by atomic mass is 10.4. The van der Waals surface area contributed by atoms with Gasteiger partial charge in [-0.1, -0.05) is 5.92 Å². The molecule has 0 fully saturated rings. The lowest BCUT2D eigenvalue weighted by Crippen LogP contribution is -2.24. The van der Waals surface area contributed by atoms with E-state index in [1.54, 1.807) is 0 Å². The van der Waals surface area contributed by atoms with E-state index in [1.165, 1.54) is 6.20 Å². The lowest BCUT2D eigenvalue weighted by molar-refractivity contribution is -0.0327. The van der Waals surface area contributed by atoms with Crippen molar-refractivity contribution >= 4 is 33.4 Å². The van der Waals surface area contributed by atoms with Crippen LogP contribution >= 0.6 is 27.7 Å². The van der Waals surface area contributed by atoms with Gasteiger partial charge in [0.2, 0.25) is 0 Å². The van der Waals surface area contributed by atoms with Crippen molar-refractivity contribution in [2.75, 3.05) is 17.6 Å². The van der Waals surface area contributed by atoms with Crippen molar-refractivity contribution < 1.29 is 13.2 Å². The zero-order valence-corrected chi connectivity index (χ0v) is 11.9. The summed E-state index contributed by atoms with van der Waals surface area (Å²) in [5.74, 6) is 2.11. The fraction of sp³-hybridized carbons (Fsp3) is 0.400. The Bertz CT molecular complexity index is 538. The molecule has 0 spiro atoms. The Morgan fingerprint density at radius 3 is 2.84 bits per heavy atom. The number of halogens is 4. The van der Waals surface area contributed by atoms with E-state index in [4.69, 9.17) is 6.42 Å². The summed E-state index contributed by atoms with van der Waals surface area (Å²) in [6, 6.07) is 0. The summed E-state index contributed by atoms with van der Waals surface area (Å²) in [4.78, 5) is 11.7. The number of terminal acetylenes is 1. The van der Waals surface area contributed by atoms with Crippen LogP contribution in [0, 0.1) is 12.3 Å². The Morgan fingerprint density at radius 2 is 2.26 bits per heavy atom. The van der Waals surface area contributed by atoms with Crippen molar-refractivity contribution in [3.63, 3.8) is 0 Å². The van der Waals surface area contributed by atoms with Crippen molar-refractivity contribution in [2.24, 2.45) is 0 Å². The Labute approximate surface area is 119 Å². The minimum atomic E-state index is -4.26. The average Bonchev–Trinajstić information content (AvgIpc) is 2.32. The van der Waals surface area contributed by atoms with Crippen LogP contribution in [0.15, 0.2) is 15.5 Å². The lowest BCUT2D eigenvalue weighted by Gasteiger charge is -2.10. The summed E-state index contributed by atoms with van der Waals surface area (Å²) in [6.07, 6.45) is 6.40. The maximum atomic E-state index is 11.9. The van der Waals surface area contributed by atoms with E-state index in [0.29, 0.717) is 5.69 Å². The van der Waals surface area contributed by atoms with Gasteiger partial charge in [0, 0.05) is 12.3 Å². The number of nitrogens with zero attached hydrogens (tertiary/aromatic N) is 2. The van der Waals surface area contributed by atoms with Crippen LogP contribution in [0.25, 0.3) is 0 Å². The highest BCUT2D eigenvalue weighted by molar-refractivity contribution is 9.10. The van der Waals surface area contributed by atoms with Crippen LogP contribution < -0.4 is 10.9 Å². The highest BCUT2D eigenvalue weighted by Gasteiger charge is 2.27. The molecule has 1 rings (SSSR count). The predicted octanol–water partition coefficient (Wildman–Crippen LogP) is 2.30. The molecule has 0 radical (unpaired) electrons. The molecule has 0 saturated carbocycles. The maximum Gasteiger partial charge on any atom is 0.441 e. The molecule has 0 aliphatic carbocycles. The second-order valence-electron chi connectivity index (χ2n) is 3.26. The summed E-state index contributed by atoms with van der Waals surface area (Å²) in [6.45, 7) is 0.0880. The molecule has 1 aromatic heterocycles. The summed E-state index contributed by atoms with van der Waals surface area (Å²) in [5.41, 5.74) is -4.36. The Hall–Kier alpha value is -1.14. The fourth-order valence-corrected chi connectivity index (χ4v) is 2.02. The van der Waals surface area contributed by atoms with Crippen molar-refractivity contribution in [1.82, 2.24) is 9.78 Å². The molecule has 1 heterocycles. The first-order valence-corrected chi connectivity index (χ1v) is 6.76. The molecule has 0 amide bonds. The minimum absolute atomic E-state index is 0.0294. The van der Waals surface area contributed by atoms with Crippen LogP contribution in [0.4, 0.5) is 18.9 Å². The highest BCUT2D eigenvalue weighted by Crippen LogP contribution is 2.29. The van der Waals surface area contributed by atoms with E-state index >= 15 is 0 Å². The summed E-state index contributed by atoms with van der Waals surface area (Å²) >= 11 is 2.93. The van der Waals surface area contributed by atoms with Crippen LogP contribution in [-0.2, 0) is 6.54 Å². The highest BCUT2D eigenvalue weighted by atomic mass is 79.9. The van der Waals surface area contributed by atoms with Gasteiger partial charge in [0.1, 0.15) is 11.0 Å². The normalized spacial score (nSPS) is 11.1. The third-order valence-electron chi connectivity index (χ3n) is 1.91. The zero-order valence-electron chi connectivity index (χ0n) is 9.50. The van der Waals surface area contributed by atoms with E-state index in [1.807, 2.05) is 0 Å². The number of rotatable bonds is 5. The van der Waals surface area contributed by atoms with E-state index in [2.05, 4.69) is 32.3 Å². The monoisotopic (exact) mass is 355 g/mol. The smallest absolute Gasteiger partial charge is 0.382 e. The maximum absolute atomic E-state index is 11.9. The van der Waals surface area contributed by atoms with Gasteiger partial charge in [0.15, 0.2) is 0 Å². The minimum Gasteiger partial charge on any atom is -0.382 e. The molecule has 19 heavy (non-hydrogen) atoms. The van der Waals surface area contributed by atoms with Gasteiger partial charge in [-0.05, 0) is 27.7 Å². The molecule has 9 heteroatoms. The quantitative estimate of drug-likeness (QED) is 0.650. The van der Waals surface area contributed by atoms with Gasteiger partial charge < -0.3 is 5.32 Å². The largest absolute Gasteiger partial charge is 0.441 e. The fourth-order valence-electron chi connectivity index (χ4n) is 1.14.